The van der Waals surface area contributed by atoms with Gasteiger partial charge in [-0.1, -0.05) is 18.2 Å². The number of nitrogens with one attached hydrogen (secondary N) is 2. The topological polar surface area (TPSA) is 84.2 Å². The van der Waals surface area contributed by atoms with Gasteiger partial charge in [0.2, 0.25) is 11.8 Å². The van der Waals surface area contributed by atoms with Crippen LogP contribution < -0.4 is 16.4 Å². The van der Waals surface area contributed by atoms with Gasteiger partial charge in [0.15, 0.2) is 0 Å². The van der Waals surface area contributed by atoms with Crippen molar-refractivity contribution in [3.05, 3.63) is 29.8 Å². The second-order valence-corrected chi connectivity index (χ2v) is 4.95. The molecule has 4 N–H and O–H groups in total. The van der Waals surface area contributed by atoms with E-state index in [9.17, 15) is 9.59 Å². The van der Waals surface area contributed by atoms with E-state index in [4.69, 9.17) is 5.73 Å². The van der Waals surface area contributed by atoms with E-state index in [2.05, 4.69) is 10.6 Å². The summed E-state index contributed by atoms with van der Waals surface area (Å²) in [6, 6.07) is 7.47. The summed E-state index contributed by atoms with van der Waals surface area (Å²) in [5.74, 6) is -0.632. The van der Waals surface area contributed by atoms with Gasteiger partial charge in [-0.05, 0) is 25.0 Å². The Morgan fingerprint density at radius 2 is 2.20 bits per heavy atom. The summed E-state index contributed by atoms with van der Waals surface area (Å²) in [5, 5.41) is 5.63. The van der Waals surface area contributed by atoms with E-state index in [0.29, 0.717) is 6.54 Å². The number of anilines is 1. The standard InChI is InChI=1S/C14H19N3O2.ClH/c1-9(15)6-7-16-14(19)11-8-13(18)17-12-5-3-2-4-10(11)12;/h2-5,9,11H,6-8,15H2,1H3,(H,16,19)(H,17,18);1H. The van der Waals surface area contributed by atoms with E-state index in [0.717, 1.165) is 17.7 Å². The number of nitrogens with two attached hydrogens (primary N) is 1. The van der Waals surface area contributed by atoms with E-state index in [1.807, 2.05) is 31.2 Å². The van der Waals surface area contributed by atoms with Crippen molar-refractivity contribution >= 4 is 29.9 Å². The molecule has 1 aromatic rings. The minimum Gasteiger partial charge on any atom is -0.356 e. The molecular formula is C14H20ClN3O2. The average Bonchev–Trinajstić information content (AvgIpc) is 2.37. The van der Waals surface area contributed by atoms with Crippen molar-refractivity contribution in [2.45, 2.75) is 31.7 Å². The summed E-state index contributed by atoms with van der Waals surface area (Å²) < 4.78 is 0. The van der Waals surface area contributed by atoms with Gasteiger partial charge in [0.25, 0.3) is 0 Å². The molecule has 2 unspecified atom stereocenters. The fourth-order valence-corrected chi connectivity index (χ4v) is 2.19. The SMILES string of the molecule is CC(N)CCNC(=O)C1CC(=O)Nc2ccccc21.Cl. The fraction of sp³-hybridized carbons (Fsp3) is 0.429. The van der Waals surface area contributed by atoms with Crippen LogP contribution in [-0.2, 0) is 9.59 Å². The third-order valence-corrected chi connectivity index (χ3v) is 3.22. The number of fused-ring (bicyclic) bond motifs is 1. The number of carbonyl (C=O) groups is 2. The van der Waals surface area contributed by atoms with Crippen molar-refractivity contribution in [2.75, 3.05) is 11.9 Å². The lowest BCUT2D eigenvalue weighted by molar-refractivity contribution is -0.126. The van der Waals surface area contributed by atoms with Gasteiger partial charge in [-0.2, -0.15) is 0 Å². The third-order valence-electron chi connectivity index (χ3n) is 3.22. The van der Waals surface area contributed by atoms with Gasteiger partial charge >= 0.3 is 0 Å². The number of rotatable bonds is 4. The molecule has 1 heterocycles. The number of carbonyl (C=O) groups excluding carboxylic acids is 2. The number of halogens is 1. The summed E-state index contributed by atoms with van der Waals surface area (Å²) in [6.45, 7) is 2.44. The van der Waals surface area contributed by atoms with Gasteiger partial charge in [0.05, 0.1) is 5.92 Å². The maximum absolute atomic E-state index is 12.2. The second kappa shape index (κ2) is 7.26. The molecule has 2 atom stereocenters. The highest BCUT2D eigenvalue weighted by Gasteiger charge is 2.29. The van der Waals surface area contributed by atoms with Crippen molar-refractivity contribution in [1.29, 1.82) is 0 Å². The predicted molar refractivity (Wildman–Crippen MR) is 81.0 cm³/mol. The number of hydrogen-bond acceptors (Lipinski definition) is 3. The van der Waals surface area contributed by atoms with Crippen LogP contribution in [0.25, 0.3) is 0 Å². The molecule has 0 fully saturated rings. The van der Waals surface area contributed by atoms with Crippen LogP contribution in [0.1, 0.15) is 31.2 Å². The van der Waals surface area contributed by atoms with E-state index in [1.54, 1.807) is 0 Å². The van der Waals surface area contributed by atoms with Crippen LogP contribution >= 0.6 is 12.4 Å². The van der Waals surface area contributed by atoms with Crippen molar-refractivity contribution in [3.63, 3.8) is 0 Å². The molecule has 0 radical (unpaired) electrons. The lowest BCUT2D eigenvalue weighted by Gasteiger charge is -2.24. The number of para-hydroxylation sites is 1. The minimum atomic E-state index is -0.405. The summed E-state index contributed by atoms with van der Waals surface area (Å²) in [6.07, 6.45) is 0.924. The molecule has 0 bridgehead atoms. The molecule has 1 aliphatic heterocycles. The highest BCUT2D eigenvalue weighted by molar-refractivity contribution is 6.01. The molecule has 0 spiro atoms. The lowest BCUT2D eigenvalue weighted by atomic mass is 9.90. The Labute approximate surface area is 124 Å². The number of hydrogen-bond donors (Lipinski definition) is 3. The summed E-state index contributed by atoms with van der Waals surface area (Å²) in [7, 11) is 0. The quantitative estimate of drug-likeness (QED) is 0.785. The van der Waals surface area contributed by atoms with E-state index >= 15 is 0 Å². The molecule has 0 saturated heterocycles. The highest BCUT2D eigenvalue weighted by atomic mass is 35.5. The van der Waals surface area contributed by atoms with Crippen LogP contribution in [0.5, 0.6) is 0 Å². The molecule has 0 aliphatic carbocycles. The lowest BCUT2D eigenvalue weighted by Crippen LogP contribution is -2.36. The van der Waals surface area contributed by atoms with E-state index < -0.39 is 5.92 Å². The predicted octanol–water partition coefficient (Wildman–Crippen LogP) is 1.39. The van der Waals surface area contributed by atoms with Crippen LogP contribution in [0.15, 0.2) is 24.3 Å². The Morgan fingerprint density at radius 3 is 2.90 bits per heavy atom. The zero-order chi connectivity index (χ0) is 13.8. The fourth-order valence-electron chi connectivity index (χ4n) is 2.19. The Morgan fingerprint density at radius 1 is 1.50 bits per heavy atom. The Hall–Kier alpha value is -1.59. The zero-order valence-corrected chi connectivity index (χ0v) is 12.2. The Bertz CT molecular complexity index is 491. The molecule has 20 heavy (non-hydrogen) atoms. The second-order valence-electron chi connectivity index (χ2n) is 4.95. The van der Waals surface area contributed by atoms with Gasteiger partial charge in [0, 0.05) is 24.7 Å². The molecule has 5 nitrogen and oxygen atoms in total. The van der Waals surface area contributed by atoms with Gasteiger partial charge in [-0.3, -0.25) is 9.59 Å². The van der Waals surface area contributed by atoms with Gasteiger partial charge < -0.3 is 16.4 Å². The minimum absolute atomic E-state index is 0. The maximum Gasteiger partial charge on any atom is 0.228 e. The first kappa shape index (κ1) is 16.5. The van der Waals surface area contributed by atoms with Gasteiger partial charge in [0.1, 0.15) is 0 Å². The monoisotopic (exact) mass is 297 g/mol. The van der Waals surface area contributed by atoms with Crippen molar-refractivity contribution < 1.29 is 9.59 Å². The summed E-state index contributed by atoms with van der Waals surface area (Å²) in [5.41, 5.74) is 7.24. The smallest absolute Gasteiger partial charge is 0.228 e. The molecule has 2 amide bonds. The normalized spacial score (nSPS) is 18.3. The molecule has 0 aromatic heterocycles. The van der Waals surface area contributed by atoms with Crippen LogP contribution in [0.4, 0.5) is 5.69 Å². The molecule has 1 aliphatic rings. The summed E-state index contributed by atoms with van der Waals surface area (Å²) in [4.78, 5) is 23.8. The molecule has 0 saturated carbocycles. The molecule has 6 heteroatoms. The van der Waals surface area contributed by atoms with Gasteiger partial charge in [-0.15, -0.1) is 12.4 Å². The Kier molecular flexibility index (Phi) is 5.98. The van der Waals surface area contributed by atoms with Crippen molar-refractivity contribution in [1.82, 2.24) is 5.32 Å². The van der Waals surface area contributed by atoms with Crippen molar-refractivity contribution in [2.24, 2.45) is 5.73 Å². The third kappa shape index (κ3) is 3.95. The van der Waals surface area contributed by atoms with Crippen molar-refractivity contribution in [3.8, 4) is 0 Å². The highest BCUT2D eigenvalue weighted by Crippen LogP contribution is 2.31. The molecular weight excluding hydrogens is 278 g/mol. The van der Waals surface area contributed by atoms with Crippen LogP contribution in [0, 0.1) is 0 Å². The Balaban J connectivity index is 0.00000200. The van der Waals surface area contributed by atoms with Gasteiger partial charge in [-0.25, -0.2) is 0 Å². The van der Waals surface area contributed by atoms with E-state index in [-0.39, 0.29) is 36.7 Å². The zero-order valence-electron chi connectivity index (χ0n) is 11.4. The average molecular weight is 298 g/mol. The first-order chi connectivity index (χ1) is 9.08. The molecule has 1 aromatic carbocycles. The summed E-state index contributed by atoms with van der Waals surface area (Å²) >= 11 is 0. The maximum atomic E-state index is 12.2. The van der Waals surface area contributed by atoms with Crippen LogP contribution in [-0.4, -0.2) is 24.4 Å². The van der Waals surface area contributed by atoms with Crippen LogP contribution in [0.2, 0.25) is 0 Å². The van der Waals surface area contributed by atoms with E-state index in [1.165, 1.54) is 0 Å². The molecule has 2 rings (SSSR count). The molecule has 110 valence electrons. The first-order valence-corrected chi connectivity index (χ1v) is 6.50. The first-order valence-electron chi connectivity index (χ1n) is 6.50. The number of amides is 2. The van der Waals surface area contributed by atoms with Crippen LogP contribution in [0.3, 0.4) is 0 Å². The largest absolute Gasteiger partial charge is 0.356 e. The number of benzene rings is 1.